The van der Waals surface area contributed by atoms with Gasteiger partial charge in [0, 0.05) is 12.1 Å². The Balaban J connectivity index is 1.93. The normalized spacial score (nSPS) is 10.4. The van der Waals surface area contributed by atoms with Crippen LogP contribution < -0.4 is 5.32 Å². The molecular formula is C15H16N2O5. The van der Waals surface area contributed by atoms with Gasteiger partial charge in [0.2, 0.25) is 5.89 Å². The molecule has 0 bridgehead atoms. The highest BCUT2D eigenvalue weighted by molar-refractivity contribution is 5.93. The summed E-state index contributed by atoms with van der Waals surface area (Å²) in [5, 5.41) is 11.0. The summed E-state index contributed by atoms with van der Waals surface area (Å²) < 4.78 is 10.3. The lowest BCUT2D eigenvalue weighted by atomic mass is 10.2. The van der Waals surface area contributed by atoms with Crippen LogP contribution in [0.4, 0.5) is 0 Å². The molecule has 0 spiro atoms. The lowest BCUT2D eigenvalue weighted by molar-refractivity contribution is -0.142. The SMILES string of the molecule is Cc1oc(-c2ccccc2)nc1C(=O)NCCOCC(=O)O. The number of oxazole rings is 1. The van der Waals surface area contributed by atoms with Crippen LogP contribution in [0.3, 0.4) is 0 Å². The number of nitrogens with one attached hydrogen (secondary N) is 1. The molecular weight excluding hydrogens is 288 g/mol. The maximum absolute atomic E-state index is 12.0. The van der Waals surface area contributed by atoms with Gasteiger partial charge in [-0.15, -0.1) is 0 Å². The Labute approximate surface area is 126 Å². The van der Waals surface area contributed by atoms with Crippen molar-refractivity contribution in [3.8, 4) is 11.5 Å². The molecule has 0 fully saturated rings. The Morgan fingerprint density at radius 2 is 2.05 bits per heavy atom. The molecule has 0 aliphatic carbocycles. The molecule has 0 unspecified atom stereocenters. The van der Waals surface area contributed by atoms with Crippen molar-refractivity contribution >= 4 is 11.9 Å². The van der Waals surface area contributed by atoms with E-state index in [1.54, 1.807) is 6.92 Å². The molecule has 1 amide bonds. The smallest absolute Gasteiger partial charge is 0.329 e. The van der Waals surface area contributed by atoms with Crippen LogP contribution in [-0.4, -0.2) is 41.7 Å². The van der Waals surface area contributed by atoms with E-state index in [4.69, 9.17) is 14.3 Å². The number of carboxylic acid groups (broad SMARTS) is 1. The maximum Gasteiger partial charge on any atom is 0.329 e. The first-order valence-corrected chi connectivity index (χ1v) is 6.68. The van der Waals surface area contributed by atoms with Gasteiger partial charge in [-0.25, -0.2) is 9.78 Å². The van der Waals surface area contributed by atoms with Crippen molar-refractivity contribution in [2.75, 3.05) is 19.8 Å². The van der Waals surface area contributed by atoms with Crippen molar-refractivity contribution in [2.45, 2.75) is 6.92 Å². The lowest BCUT2D eigenvalue weighted by Crippen LogP contribution is -2.28. The zero-order chi connectivity index (χ0) is 15.9. The summed E-state index contributed by atoms with van der Waals surface area (Å²) in [4.78, 5) is 26.5. The molecule has 0 saturated carbocycles. The third-order valence-electron chi connectivity index (χ3n) is 2.79. The van der Waals surface area contributed by atoms with Gasteiger partial charge in [-0.1, -0.05) is 18.2 Å². The summed E-state index contributed by atoms with van der Waals surface area (Å²) in [5.74, 6) is -0.637. The molecule has 0 radical (unpaired) electrons. The van der Waals surface area contributed by atoms with Crippen LogP contribution in [0.5, 0.6) is 0 Å². The van der Waals surface area contributed by atoms with E-state index >= 15 is 0 Å². The second-order valence-electron chi connectivity index (χ2n) is 4.49. The van der Waals surface area contributed by atoms with Gasteiger partial charge in [-0.2, -0.15) is 0 Å². The zero-order valence-electron chi connectivity index (χ0n) is 12.0. The summed E-state index contributed by atoms with van der Waals surface area (Å²) in [5.41, 5.74) is 0.992. The fourth-order valence-electron chi connectivity index (χ4n) is 1.79. The Bertz CT molecular complexity index is 651. The molecule has 7 nitrogen and oxygen atoms in total. The summed E-state index contributed by atoms with van der Waals surface area (Å²) in [6.45, 7) is 1.58. The average Bonchev–Trinajstić information content (AvgIpc) is 2.89. The van der Waals surface area contributed by atoms with E-state index in [1.807, 2.05) is 30.3 Å². The van der Waals surface area contributed by atoms with Crippen molar-refractivity contribution in [1.82, 2.24) is 10.3 Å². The van der Waals surface area contributed by atoms with Gasteiger partial charge in [-0.05, 0) is 19.1 Å². The van der Waals surface area contributed by atoms with Crippen molar-refractivity contribution in [3.05, 3.63) is 41.8 Å². The minimum Gasteiger partial charge on any atom is -0.480 e. The number of carbonyl (C=O) groups excluding carboxylic acids is 1. The number of rotatable bonds is 7. The Morgan fingerprint density at radius 3 is 2.73 bits per heavy atom. The second-order valence-corrected chi connectivity index (χ2v) is 4.49. The molecule has 1 aromatic heterocycles. The van der Waals surface area contributed by atoms with Gasteiger partial charge >= 0.3 is 5.97 Å². The Kier molecular flexibility index (Phi) is 5.26. The Hall–Kier alpha value is -2.67. The summed E-state index contributed by atoms with van der Waals surface area (Å²) in [6, 6.07) is 9.27. The molecule has 116 valence electrons. The average molecular weight is 304 g/mol. The van der Waals surface area contributed by atoms with Gasteiger partial charge < -0.3 is 19.6 Å². The van der Waals surface area contributed by atoms with E-state index < -0.39 is 12.6 Å². The predicted octanol–water partition coefficient (Wildman–Crippen LogP) is 1.48. The van der Waals surface area contributed by atoms with Crippen LogP contribution in [-0.2, 0) is 9.53 Å². The molecule has 22 heavy (non-hydrogen) atoms. The van der Waals surface area contributed by atoms with Crippen LogP contribution in [0.25, 0.3) is 11.5 Å². The lowest BCUT2D eigenvalue weighted by Gasteiger charge is -2.03. The number of benzene rings is 1. The van der Waals surface area contributed by atoms with Crippen LogP contribution in [0, 0.1) is 6.92 Å². The highest BCUT2D eigenvalue weighted by atomic mass is 16.5. The number of carboxylic acids is 1. The van der Waals surface area contributed by atoms with Crippen molar-refractivity contribution in [2.24, 2.45) is 0 Å². The van der Waals surface area contributed by atoms with Gasteiger partial charge in [-0.3, -0.25) is 4.79 Å². The van der Waals surface area contributed by atoms with E-state index in [2.05, 4.69) is 10.3 Å². The van der Waals surface area contributed by atoms with Crippen molar-refractivity contribution in [3.63, 3.8) is 0 Å². The molecule has 7 heteroatoms. The van der Waals surface area contributed by atoms with E-state index in [0.717, 1.165) is 5.56 Å². The highest BCUT2D eigenvalue weighted by Gasteiger charge is 2.17. The molecule has 2 aromatic rings. The first-order valence-electron chi connectivity index (χ1n) is 6.68. The fourth-order valence-corrected chi connectivity index (χ4v) is 1.79. The molecule has 2 rings (SSSR count). The van der Waals surface area contributed by atoms with E-state index in [1.165, 1.54) is 0 Å². The topological polar surface area (TPSA) is 102 Å². The van der Waals surface area contributed by atoms with Crippen LogP contribution in [0.1, 0.15) is 16.2 Å². The Morgan fingerprint density at radius 1 is 1.32 bits per heavy atom. The zero-order valence-corrected chi connectivity index (χ0v) is 12.0. The number of aliphatic carboxylic acids is 1. The fraction of sp³-hybridized carbons (Fsp3) is 0.267. The number of ether oxygens (including phenoxy) is 1. The van der Waals surface area contributed by atoms with Gasteiger partial charge in [0.25, 0.3) is 5.91 Å². The predicted molar refractivity (Wildman–Crippen MR) is 77.5 cm³/mol. The minimum absolute atomic E-state index is 0.112. The van der Waals surface area contributed by atoms with Crippen LogP contribution >= 0.6 is 0 Å². The minimum atomic E-state index is -1.05. The molecule has 0 aliphatic heterocycles. The molecule has 0 saturated heterocycles. The van der Waals surface area contributed by atoms with Gasteiger partial charge in [0.15, 0.2) is 5.69 Å². The number of hydrogen-bond acceptors (Lipinski definition) is 5. The number of nitrogens with zero attached hydrogens (tertiary/aromatic N) is 1. The number of hydrogen-bond donors (Lipinski definition) is 2. The van der Waals surface area contributed by atoms with Crippen molar-refractivity contribution in [1.29, 1.82) is 0 Å². The number of carbonyl (C=O) groups is 2. The third-order valence-corrected chi connectivity index (χ3v) is 2.79. The number of aryl methyl sites for hydroxylation is 1. The molecule has 1 heterocycles. The van der Waals surface area contributed by atoms with Crippen LogP contribution in [0.2, 0.25) is 0 Å². The summed E-state index contributed by atoms with van der Waals surface area (Å²) >= 11 is 0. The first-order chi connectivity index (χ1) is 10.6. The van der Waals surface area contributed by atoms with Gasteiger partial charge in [0.05, 0.1) is 6.61 Å². The van der Waals surface area contributed by atoms with E-state index in [9.17, 15) is 9.59 Å². The maximum atomic E-state index is 12.0. The van der Waals surface area contributed by atoms with Gasteiger partial charge in [0.1, 0.15) is 12.4 Å². The van der Waals surface area contributed by atoms with Crippen LogP contribution in [0.15, 0.2) is 34.7 Å². The van der Waals surface area contributed by atoms with Crippen molar-refractivity contribution < 1.29 is 23.8 Å². The molecule has 1 aromatic carbocycles. The molecule has 0 aliphatic rings. The third kappa shape index (κ3) is 4.16. The number of aromatic nitrogens is 1. The monoisotopic (exact) mass is 304 g/mol. The molecule has 2 N–H and O–H groups in total. The first kappa shape index (κ1) is 15.7. The second kappa shape index (κ2) is 7.37. The summed E-state index contributed by atoms with van der Waals surface area (Å²) in [7, 11) is 0. The molecule has 0 atom stereocenters. The van der Waals surface area contributed by atoms with E-state index in [0.29, 0.717) is 11.7 Å². The standard InChI is InChI=1S/C15H16N2O5/c1-10-13(14(20)16-7-8-21-9-12(18)19)17-15(22-10)11-5-3-2-4-6-11/h2-6H,7-9H2,1H3,(H,16,20)(H,18,19). The summed E-state index contributed by atoms with van der Waals surface area (Å²) in [6.07, 6.45) is 0. The highest BCUT2D eigenvalue weighted by Crippen LogP contribution is 2.21. The largest absolute Gasteiger partial charge is 0.480 e. The van der Waals surface area contributed by atoms with E-state index in [-0.39, 0.29) is 24.8 Å². The number of amides is 1. The quantitative estimate of drug-likeness (QED) is 0.751.